The summed E-state index contributed by atoms with van der Waals surface area (Å²) < 4.78 is 5.76. The van der Waals surface area contributed by atoms with Gasteiger partial charge in [0.05, 0.1) is 6.61 Å². The molecule has 0 bridgehead atoms. The first-order valence-corrected chi connectivity index (χ1v) is 11.3. The standard InChI is InChI=1S/C28H32N4O/c1-6-33-27-10-8-7-9-24(27)20(3)15-30-28-19(2)13-22(16-31-28)21-11-12-26-25(14-21)23(17-29-26)18-32(4)5/h7-17,29H,6,18H2,1-5H3,(H,30,31)/b20-15+. The Morgan fingerprint density at radius 3 is 2.70 bits per heavy atom. The van der Waals surface area contributed by atoms with Gasteiger partial charge in [-0.25, -0.2) is 4.98 Å². The first-order valence-electron chi connectivity index (χ1n) is 11.3. The summed E-state index contributed by atoms with van der Waals surface area (Å²) in [5.74, 6) is 1.74. The van der Waals surface area contributed by atoms with Crippen molar-refractivity contribution in [3.8, 4) is 16.9 Å². The van der Waals surface area contributed by atoms with Crippen LogP contribution in [0.25, 0.3) is 27.6 Å². The number of fused-ring (bicyclic) bond motifs is 1. The molecule has 0 saturated carbocycles. The van der Waals surface area contributed by atoms with Crippen molar-refractivity contribution in [3.63, 3.8) is 0 Å². The highest BCUT2D eigenvalue weighted by Gasteiger charge is 2.09. The second-order valence-corrected chi connectivity index (χ2v) is 8.60. The van der Waals surface area contributed by atoms with E-state index < -0.39 is 0 Å². The molecule has 0 aliphatic rings. The Morgan fingerprint density at radius 1 is 1.12 bits per heavy atom. The molecule has 2 aromatic carbocycles. The fourth-order valence-corrected chi connectivity index (χ4v) is 4.04. The number of aromatic nitrogens is 2. The van der Waals surface area contributed by atoms with Crippen LogP contribution in [0.4, 0.5) is 5.82 Å². The van der Waals surface area contributed by atoms with Crippen LogP contribution in [0.3, 0.4) is 0 Å². The molecule has 0 radical (unpaired) electrons. The molecule has 4 aromatic rings. The lowest BCUT2D eigenvalue weighted by Crippen LogP contribution is -2.10. The van der Waals surface area contributed by atoms with Gasteiger partial charge in [0.15, 0.2) is 0 Å². The van der Waals surface area contributed by atoms with Gasteiger partial charge in [0, 0.05) is 47.2 Å². The molecule has 2 N–H and O–H groups in total. The number of nitrogens with one attached hydrogen (secondary N) is 2. The Kier molecular flexibility index (Phi) is 6.80. The Balaban J connectivity index is 1.57. The van der Waals surface area contributed by atoms with Crippen molar-refractivity contribution in [1.82, 2.24) is 14.9 Å². The first-order chi connectivity index (χ1) is 16.0. The molecule has 0 aliphatic carbocycles. The zero-order valence-electron chi connectivity index (χ0n) is 20.1. The van der Waals surface area contributed by atoms with Crippen molar-refractivity contribution < 1.29 is 4.74 Å². The van der Waals surface area contributed by atoms with Gasteiger partial charge in [0.1, 0.15) is 11.6 Å². The maximum absolute atomic E-state index is 5.76. The monoisotopic (exact) mass is 440 g/mol. The van der Waals surface area contributed by atoms with Gasteiger partial charge in [-0.15, -0.1) is 0 Å². The number of rotatable bonds is 8. The second kappa shape index (κ2) is 9.92. The minimum Gasteiger partial charge on any atom is -0.493 e. The number of hydrogen-bond donors (Lipinski definition) is 2. The molecule has 4 rings (SSSR count). The molecule has 0 saturated heterocycles. The van der Waals surface area contributed by atoms with Crippen molar-refractivity contribution in [2.75, 3.05) is 26.0 Å². The van der Waals surface area contributed by atoms with Crippen LogP contribution < -0.4 is 10.1 Å². The number of aromatic amines is 1. The number of H-pyrrole nitrogens is 1. The van der Waals surface area contributed by atoms with E-state index in [4.69, 9.17) is 9.72 Å². The quantitative estimate of drug-likeness (QED) is 0.330. The predicted octanol–water partition coefficient (Wildman–Crippen LogP) is 6.47. The number of hydrogen-bond acceptors (Lipinski definition) is 4. The second-order valence-electron chi connectivity index (χ2n) is 8.60. The number of anilines is 1. The van der Waals surface area contributed by atoms with Gasteiger partial charge in [-0.2, -0.15) is 0 Å². The number of benzene rings is 2. The molecule has 2 aromatic heterocycles. The molecule has 0 unspecified atom stereocenters. The van der Waals surface area contributed by atoms with E-state index >= 15 is 0 Å². The highest BCUT2D eigenvalue weighted by Crippen LogP contribution is 2.29. The molecule has 0 aliphatic heterocycles. The lowest BCUT2D eigenvalue weighted by Gasteiger charge is -2.12. The van der Waals surface area contributed by atoms with E-state index in [9.17, 15) is 0 Å². The molecular formula is C28H32N4O. The van der Waals surface area contributed by atoms with Crippen molar-refractivity contribution in [3.05, 3.63) is 83.8 Å². The summed E-state index contributed by atoms with van der Waals surface area (Å²) in [4.78, 5) is 10.3. The molecule has 33 heavy (non-hydrogen) atoms. The third kappa shape index (κ3) is 5.10. The molecular weight excluding hydrogens is 408 g/mol. The van der Waals surface area contributed by atoms with Crippen LogP contribution in [0.5, 0.6) is 5.75 Å². The summed E-state index contributed by atoms with van der Waals surface area (Å²) in [6, 6.07) is 16.8. The number of allylic oxidation sites excluding steroid dienone is 1. The fourth-order valence-electron chi connectivity index (χ4n) is 4.04. The summed E-state index contributed by atoms with van der Waals surface area (Å²) >= 11 is 0. The molecule has 0 atom stereocenters. The zero-order valence-corrected chi connectivity index (χ0v) is 20.1. The molecule has 0 amide bonds. The minimum absolute atomic E-state index is 0.644. The average molecular weight is 441 g/mol. The van der Waals surface area contributed by atoms with Crippen molar-refractivity contribution in [1.29, 1.82) is 0 Å². The summed E-state index contributed by atoms with van der Waals surface area (Å²) in [6.07, 6.45) is 6.03. The van der Waals surface area contributed by atoms with Gasteiger partial charge in [-0.05, 0) is 81.4 Å². The van der Waals surface area contributed by atoms with Crippen LogP contribution in [0.15, 0.2) is 67.1 Å². The van der Waals surface area contributed by atoms with E-state index in [1.165, 1.54) is 16.5 Å². The van der Waals surface area contributed by atoms with Gasteiger partial charge < -0.3 is 19.9 Å². The molecule has 2 heterocycles. The van der Waals surface area contributed by atoms with Crippen LogP contribution in [-0.2, 0) is 6.54 Å². The molecule has 5 heteroatoms. The Bertz CT molecular complexity index is 1290. The Hall–Kier alpha value is -3.57. The van der Waals surface area contributed by atoms with E-state index in [-0.39, 0.29) is 0 Å². The molecule has 0 spiro atoms. The summed E-state index contributed by atoms with van der Waals surface area (Å²) in [5, 5.41) is 4.63. The van der Waals surface area contributed by atoms with Crippen molar-refractivity contribution >= 4 is 22.3 Å². The number of pyridine rings is 1. The zero-order chi connectivity index (χ0) is 23.4. The normalized spacial score (nSPS) is 11.9. The first kappa shape index (κ1) is 22.6. The third-order valence-corrected chi connectivity index (χ3v) is 5.70. The van der Waals surface area contributed by atoms with Crippen LogP contribution in [0, 0.1) is 6.92 Å². The van der Waals surface area contributed by atoms with E-state index in [1.807, 2.05) is 37.5 Å². The smallest absolute Gasteiger partial charge is 0.132 e. The van der Waals surface area contributed by atoms with Gasteiger partial charge in [-0.1, -0.05) is 24.3 Å². The van der Waals surface area contributed by atoms with E-state index in [0.717, 1.165) is 45.9 Å². The van der Waals surface area contributed by atoms with Crippen LogP contribution in [-0.4, -0.2) is 35.6 Å². The lowest BCUT2D eigenvalue weighted by molar-refractivity contribution is 0.339. The molecule has 170 valence electrons. The highest BCUT2D eigenvalue weighted by atomic mass is 16.5. The van der Waals surface area contributed by atoms with Crippen LogP contribution >= 0.6 is 0 Å². The summed E-state index contributed by atoms with van der Waals surface area (Å²) in [5.41, 5.74) is 8.00. The van der Waals surface area contributed by atoms with E-state index in [0.29, 0.717) is 6.61 Å². The Labute approximate surface area is 196 Å². The summed E-state index contributed by atoms with van der Waals surface area (Å²) in [6.45, 7) is 7.71. The summed E-state index contributed by atoms with van der Waals surface area (Å²) in [7, 11) is 4.18. The largest absolute Gasteiger partial charge is 0.493 e. The van der Waals surface area contributed by atoms with Crippen molar-refractivity contribution in [2.24, 2.45) is 0 Å². The molecule has 5 nitrogen and oxygen atoms in total. The average Bonchev–Trinajstić information content (AvgIpc) is 3.20. The van der Waals surface area contributed by atoms with Crippen LogP contribution in [0.1, 0.15) is 30.5 Å². The van der Waals surface area contributed by atoms with Crippen LogP contribution in [0.2, 0.25) is 0 Å². The Morgan fingerprint density at radius 2 is 1.94 bits per heavy atom. The van der Waals surface area contributed by atoms with Crippen molar-refractivity contribution in [2.45, 2.75) is 27.3 Å². The number of ether oxygens (including phenoxy) is 1. The minimum atomic E-state index is 0.644. The van der Waals surface area contributed by atoms with E-state index in [1.54, 1.807) is 0 Å². The number of nitrogens with zero attached hydrogens (tertiary/aromatic N) is 2. The lowest BCUT2D eigenvalue weighted by atomic mass is 10.0. The topological polar surface area (TPSA) is 53.2 Å². The maximum Gasteiger partial charge on any atom is 0.132 e. The van der Waals surface area contributed by atoms with Gasteiger partial charge in [0.2, 0.25) is 0 Å². The maximum atomic E-state index is 5.76. The van der Waals surface area contributed by atoms with Gasteiger partial charge in [0.25, 0.3) is 0 Å². The van der Waals surface area contributed by atoms with E-state index in [2.05, 4.69) is 79.7 Å². The number of para-hydroxylation sites is 1. The number of aryl methyl sites for hydroxylation is 1. The molecule has 0 fully saturated rings. The van der Waals surface area contributed by atoms with Gasteiger partial charge in [-0.3, -0.25) is 0 Å². The highest BCUT2D eigenvalue weighted by molar-refractivity contribution is 5.88. The van der Waals surface area contributed by atoms with Gasteiger partial charge >= 0.3 is 0 Å². The predicted molar refractivity (Wildman–Crippen MR) is 139 cm³/mol. The fraction of sp³-hybridized carbons (Fsp3) is 0.250. The SMILES string of the molecule is CCOc1ccccc1/C(C)=C/Nc1ncc(-c2ccc3[nH]cc(CN(C)C)c3c2)cc1C. The third-order valence-electron chi connectivity index (χ3n) is 5.70.